The van der Waals surface area contributed by atoms with Crippen molar-refractivity contribution in [2.45, 2.75) is 6.04 Å². The maximum atomic E-state index is 12.1. The van der Waals surface area contributed by atoms with E-state index in [0.717, 1.165) is 11.6 Å². The molecule has 6 heteroatoms. The molecule has 1 rings (SSSR count). The minimum absolute atomic E-state index is 0.0429. The van der Waals surface area contributed by atoms with E-state index in [1.165, 1.54) is 0 Å². The van der Waals surface area contributed by atoms with Crippen LogP contribution in [0.15, 0.2) is 0 Å². The van der Waals surface area contributed by atoms with Gasteiger partial charge in [-0.05, 0) is 0 Å². The molecule has 1 fully saturated rings. The van der Waals surface area contributed by atoms with Crippen LogP contribution in [0.5, 0.6) is 0 Å². The van der Waals surface area contributed by atoms with E-state index in [4.69, 9.17) is 9.47 Å². The number of thioether (sulfide) groups is 1. The number of carbonyl (C=O) groups is 1. The Morgan fingerprint density at radius 1 is 1.38 bits per heavy atom. The van der Waals surface area contributed by atoms with Crippen LogP contribution >= 0.6 is 11.8 Å². The summed E-state index contributed by atoms with van der Waals surface area (Å²) in [5.41, 5.74) is 0. The van der Waals surface area contributed by atoms with Gasteiger partial charge in [-0.2, -0.15) is 0 Å². The van der Waals surface area contributed by atoms with Crippen LogP contribution in [0.25, 0.3) is 0 Å². The number of methoxy groups -OCH3 is 2. The van der Waals surface area contributed by atoms with Crippen molar-refractivity contribution in [3.8, 4) is 0 Å². The number of carbonyl (C=O) groups excluding carboxylic acids is 1. The molecular formula is C10H20N2O3S. The van der Waals surface area contributed by atoms with Crippen molar-refractivity contribution >= 4 is 17.7 Å². The van der Waals surface area contributed by atoms with Gasteiger partial charge in [0.1, 0.15) is 0 Å². The van der Waals surface area contributed by atoms with Crippen LogP contribution in [-0.2, 0) is 14.3 Å². The van der Waals surface area contributed by atoms with Gasteiger partial charge in [0.2, 0.25) is 5.91 Å². The predicted octanol–water partition coefficient (Wildman–Crippen LogP) is -0.230. The Morgan fingerprint density at radius 2 is 2.00 bits per heavy atom. The molecule has 1 atom stereocenters. The lowest BCUT2D eigenvalue weighted by atomic mass is 10.3. The number of amides is 1. The maximum Gasteiger partial charge on any atom is 0.240 e. The fraction of sp³-hybridized carbons (Fsp3) is 0.900. The van der Waals surface area contributed by atoms with Crippen LogP contribution in [0.1, 0.15) is 0 Å². The Kier molecular flexibility index (Phi) is 6.79. The van der Waals surface area contributed by atoms with Gasteiger partial charge in [0.15, 0.2) is 0 Å². The molecular weight excluding hydrogens is 228 g/mol. The highest BCUT2D eigenvalue weighted by molar-refractivity contribution is 7.99. The Balaban J connectivity index is 2.41. The highest BCUT2D eigenvalue weighted by atomic mass is 32.2. The molecule has 1 amide bonds. The molecule has 0 aromatic carbocycles. The van der Waals surface area contributed by atoms with Gasteiger partial charge in [-0.3, -0.25) is 10.1 Å². The zero-order valence-corrected chi connectivity index (χ0v) is 10.7. The van der Waals surface area contributed by atoms with Crippen LogP contribution in [0.3, 0.4) is 0 Å². The molecule has 0 aromatic rings. The average Bonchev–Trinajstić information content (AvgIpc) is 2.82. The second-order valence-electron chi connectivity index (χ2n) is 3.58. The van der Waals surface area contributed by atoms with Crippen LogP contribution in [-0.4, -0.2) is 69.0 Å². The van der Waals surface area contributed by atoms with Gasteiger partial charge in [-0.25, -0.2) is 0 Å². The number of rotatable bonds is 7. The summed E-state index contributed by atoms with van der Waals surface area (Å²) in [6.07, 6.45) is 0. The second-order valence-corrected chi connectivity index (χ2v) is 4.61. The summed E-state index contributed by atoms with van der Waals surface area (Å²) in [7, 11) is 3.28. The third kappa shape index (κ3) is 4.29. The molecule has 1 unspecified atom stereocenters. The molecule has 0 bridgehead atoms. The Hall–Kier alpha value is -0.300. The van der Waals surface area contributed by atoms with Crippen LogP contribution in [0.2, 0.25) is 0 Å². The SMILES string of the molecule is COCCN(CCOC)C(=O)C1CSCN1. The molecule has 0 radical (unpaired) electrons. The van der Waals surface area contributed by atoms with Gasteiger partial charge in [0.25, 0.3) is 0 Å². The Labute approximate surface area is 101 Å². The summed E-state index contributed by atoms with van der Waals surface area (Å²) in [6.45, 7) is 2.38. The Bertz CT molecular complexity index is 202. The monoisotopic (exact) mass is 248 g/mol. The molecule has 0 aromatic heterocycles. The molecule has 1 heterocycles. The number of hydrogen-bond acceptors (Lipinski definition) is 5. The van der Waals surface area contributed by atoms with E-state index >= 15 is 0 Å². The topological polar surface area (TPSA) is 50.8 Å². The van der Waals surface area contributed by atoms with Gasteiger partial charge >= 0.3 is 0 Å². The van der Waals surface area contributed by atoms with Crippen LogP contribution in [0.4, 0.5) is 0 Å². The fourth-order valence-electron chi connectivity index (χ4n) is 1.51. The van der Waals surface area contributed by atoms with E-state index in [-0.39, 0.29) is 11.9 Å². The van der Waals surface area contributed by atoms with Gasteiger partial charge in [-0.15, -0.1) is 11.8 Å². The lowest BCUT2D eigenvalue weighted by molar-refractivity contribution is -0.133. The molecule has 94 valence electrons. The van der Waals surface area contributed by atoms with Crippen molar-refractivity contribution < 1.29 is 14.3 Å². The lowest BCUT2D eigenvalue weighted by Gasteiger charge is -2.24. The minimum Gasteiger partial charge on any atom is -0.383 e. The molecule has 1 aliphatic rings. The van der Waals surface area contributed by atoms with Crippen molar-refractivity contribution in [1.29, 1.82) is 0 Å². The van der Waals surface area contributed by atoms with Crippen molar-refractivity contribution in [2.75, 3.05) is 52.2 Å². The van der Waals surface area contributed by atoms with E-state index in [9.17, 15) is 4.79 Å². The van der Waals surface area contributed by atoms with Gasteiger partial charge in [0.05, 0.1) is 19.3 Å². The van der Waals surface area contributed by atoms with E-state index in [1.807, 2.05) is 0 Å². The largest absolute Gasteiger partial charge is 0.383 e. The van der Waals surface area contributed by atoms with Gasteiger partial charge in [0, 0.05) is 38.9 Å². The molecule has 1 saturated heterocycles. The third-order valence-electron chi connectivity index (χ3n) is 2.46. The van der Waals surface area contributed by atoms with Crippen molar-refractivity contribution in [3.63, 3.8) is 0 Å². The summed E-state index contributed by atoms with van der Waals surface area (Å²) < 4.78 is 10.0. The number of hydrogen-bond donors (Lipinski definition) is 1. The first-order chi connectivity index (χ1) is 7.79. The van der Waals surface area contributed by atoms with Crippen LogP contribution < -0.4 is 5.32 Å². The molecule has 1 aliphatic heterocycles. The fourth-order valence-corrected chi connectivity index (χ4v) is 2.44. The minimum atomic E-state index is -0.0429. The molecule has 16 heavy (non-hydrogen) atoms. The van der Waals surface area contributed by atoms with E-state index in [1.54, 1.807) is 30.9 Å². The van der Waals surface area contributed by atoms with Gasteiger partial charge in [-0.1, -0.05) is 0 Å². The first kappa shape index (κ1) is 13.8. The summed E-state index contributed by atoms with van der Waals surface area (Å²) >= 11 is 1.75. The third-order valence-corrected chi connectivity index (χ3v) is 3.40. The molecule has 0 saturated carbocycles. The molecule has 0 aliphatic carbocycles. The number of nitrogens with zero attached hydrogens (tertiary/aromatic N) is 1. The number of nitrogens with one attached hydrogen (secondary N) is 1. The quantitative estimate of drug-likeness (QED) is 0.674. The zero-order chi connectivity index (χ0) is 11.8. The molecule has 0 spiro atoms. The standard InChI is InChI=1S/C10H20N2O3S/c1-14-5-3-12(4-6-15-2)10(13)9-7-16-8-11-9/h9,11H,3-8H2,1-2H3. The summed E-state index contributed by atoms with van der Waals surface area (Å²) in [6, 6.07) is -0.0429. The average molecular weight is 248 g/mol. The second kappa shape index (κ2) is 7.89. The summed E-state index contributed by atoms with van der Waals surface area (Å²) in [5, 5.41) is 3.18. The summed E-state index contributed by atoms with van der Waals surface area (Å²) in [5.74, 6) is 1.87. The van der Waals surface area contributed by atoms with E-state index in [2.05, 4.69) is 5.32 Å². The highest BCUT2D eigenvalue weighted by Gasteiger charge is 2.26. The van der Waals surface area contributed by atoms with Gasteiger partial charge < -0.3 is 14.4 Å². The summed E-state index contributed by atoms with van der Waals surface area (Å²) in [4.78, 5) is 13.9. The lowest BCUT2D eigenvalue weighted by Crippen LogP contribution is -2.47. The van der Waals surface area contributed by atoms with Crippen LogP contribution in [0, 0.1) is 0 Å². The molecule has 5 nitrogen and oxygen atoms in total. The molecule has 1 N–H and O–H groups in total. The van der Waals surface area contributed by atoms with Crippen molar-refractivity contribution in [3.05, 3.63) is 0 Å². The van der Waals surface area contributed by atoms with E-state index in [0.29, 0.717) is 26.3 Å². The first-order valence-corrected chi connectivity index (χ1v) is 6.53. The highest BCUT2D eigenvalue weighted by Crippen LogP contribution is 2.11. The smallest absolute Gasteiger partial charge is 0.240 e. The number of ether oxygens (including phenoxy) is 2. The van der Waals surface area contributed by atoms with E-state index < -0.39 is 0 Å². The zero-order valence-electron chi connectivity index (χ0n) is 9.90. The normalized spacial score (nSPS) is 20.0. The van der Waals surface area contributed by atoms with Crippen molar-refractivity contribution in [1.82, 2.24) is 10.2 Å². The first-order valence-electron chi connectivity index (χ1n) is 5.37. The maximum absolute atomic E-state index is 12.1. The van der Waals surface area contributed by atoms with Crippen molar-refractivity contribution in [2.24, 2.45) is 0 Å². The Morgan fingerprint density at radius 3 is 2.44 bits per heavy atom. The predicted molar refractivity (Wildman–Crippen MR) is 64.6 cm³/mol.